The van der Waals surface area contributed by atoms with E-state index in [4.69, 9.17) is 24.3 Å². The number of ether oxygens (including phenoxy) is 2. The highest BCUT2D eigenvalue weighted by atomic mass is 31.2. The molecule has 0 radical (unpaired) electrons. The Bertz CT molecular complexity index is 1510. The lowest BCUT2D eigenvalue weighted by atomic mass is 10.1. The predicted octanol–water partition coefficient (Wildman–Crippen LogP) is -3.67. The van der Waals surface area contributed by atoms with Crippen LogP contribution in [0.3, 0.4) is 0 Å². The number of hydrogen-bond donors (Lipinski definition) is 7. The van der Waals surface area contributed by atoms with E-state index in [9.17, 15) is 39.5 Å². The Morgan fingerprint density at radius 1 is 0.949 bits per heavy atom. The van der Waals surface area contributed by atoms with Gasteiger partial charge in [-0.15, -0.1) is 0 Å². The van der Waals surface area contributed by atoms with E-state index in [2.05, 4.69) is 15.0 Å². The van der Waals surface area contributed by atoms with Gasteiger partial charge in [0.05, 0.1) is 19.5 Å². The molecule has 5 rings (SSSR count). The summed E-state index contributed by atoms with van der Waals surface area (Å²) in [5.74, 6) is 0.0889. The number of H-pyrrole nitrogens is 1. The molecule has 0 aliphatic carbocycles. The van der Waals surface area contributed by atoms with E-state index in [1.165, 1.54) is 17.2 Å². The lowest BCUT2D eigenvalue weighted by molar-refractivity contribution is -0.0626. The van der Waals surface area contributed by atoms with Crippen LogP contribution in [0.1, 0.15) is 12.5 Å². The van der Waals surface area contributed by atoms with Crippen molar-refractivity contribution in [3.05, 3.63) is 45.8 Å². The minimum Gasteiger partial charge on any atom is -0.387 e. The van der Waals surface area contributed by atoms with Gasteiger partial charge in [-0.25, -0.2) is 24.3 Å². The van der Waals surface area contributed by atoms with E-state index in [1.807, 2.05) is 4.98 Å². The molecular formula is C19H24N7O12P. The molecule has 212 valence electrons. The summed E-state index contributed by atoms with van der Waals surface area (Å²) in [6.07, 6.45) is -8.06. The van der Waals surface area contributed by atoms with E-state index in [1.54, 1.807) is 0 Å². The first kappa shape index (κ1) is 27.5. The highest BCUT2D eigenvalue weighted by molar-refractivity contribution is 7.47. The summed E-state index contributed by atoms with van der Waals surface area (Å²) >= 11 is 0. The van der Waals surface area contributed by atoms with Crippen LogP contribution in [0, 0.1) is 0 Å². The van der Waals surface area contributed by atoms with Gasteiger partial charge >= 0.3 is 13.5 Å². The van der Waals surface area contributed by atoms with Crippen LogP contribution in [0.25, 0.3) is 11.2 Å². The molecule has 3 aromatic heterocycles. The first-order valence-electron chi connectivity index (χ1n) is 11.4. The van der Waals surface area contributed by atoms with Gasteiger partial charge in [0, 0.05) is 12.3 Å². The van der Waals surface area contributed by atoms with Gasteiger partial charge in [0.25, 0.3) is 5.56 Å². The molecule has 2 fully saturated rings. The van der Waals surface area contributed by atoms with Crippen LogP contribution in [-0.2, 0) is 23.1 Å². The summed E-state index contributed by atoms with van der Waals surface area (Å²) in [5.41, 5.74) is 4.62. The first-order chi connectivity index (χ1) is 18.5. The van der Waals surface area contributed by atoms with Crippen molar-refractivity contribution in [2.24, 2.45) is 0 Å². The molecule has 0 aromatic carbocycles. The third-order valence-electron chi connectivity index (χ3n) is 6.26. The molecular weight excluding hydrogens is 549 g/mol. The lowest BCUT2D eigenvalue weighted by Crippen LogP contribution is -2.37. The van der Waals surface area contributed by atoms with E-state index in [0.717, 1.165) is 16.8 Å². The topological polar surface area (TPSA) is 280 Å². The molecule has 2 unspecified atom stereocenters. The fourth-order valence-electron chi connectivity index (χ4n) is 4.25. The number of anilines is 1. The average molecular weight is 573 g/mol. The van der Waals surface area contributed by atoms with Crippen LogP contribution in [0.2, 0.25) is 0 Å². The second-order valence-corrected chi connectivity index (χ2v) is 10.2. The number of rotatable bonds is 8. The third-order valence-corrected chi connectivity index (χ3v) is 7.22. The Labute approximate surface area is 216 Å². The lowest BCUT2D eigenvalue weighted by Gasteiger charge is -2.20. The number of aromatic amines is 1. The Morgan fingerprint density at radius 2 is 1.54 bits per heavy atom. The average Bonchev–Trinajstić information content (AvgIpc) is 3.53. The second kappa shape index (κ2) is 10.5. The number of nitrogens with one attached hydrogen (secondary N) is 1. The van der Waals surface area contributed by atoms with Gasteiger partial charge in [-0.2, -0.15) is 0 Å². The monoisotopic (exact) mass is 573 g/mol. The van der Waals surface area contributed by atoms with Gasteiger partial charge in [0.1, 0.15) is 48.5 Å². The zero-order valence-corrected chi connectivity index (χ0v) is 20.6. The molecule has 2 saturated heterocycles. The molecule has 0 spiro atoms. The Hall–Kier alpha value is -3.10. The van der Waals surface area contributed by atoms with Crippen molar-refractivity contribution in [3.8, 4) is 0 Å². The number of hydrogen-bond acceptors (Lipinski definition) is 15. The van der Waals surface area contributed by atoms with Crippen LogP contribution in [0.4, 0.5) is 5.82 Å². The predicted molar refractivity (Wildman–Crippen MR) is 125 cm³/mol. The van der Waals surface area contributed by atoms with E-state index in [-0.39, 0.29) is 17.0 Å². The highest BCUT2D eigenvalue weighted by Gasteiger charge is 2.47. The van der Waals surface area contributed by atoms with Crippen LogP contribution in [0.15, 0.2) is 34.5 Å². The largest absolute Gasteiger partial charge is 0.472 e. The van der Waals surface area contributed by atoms with Gasteiger partial charge in [-0.3, -0.25) is 28.0 Å². The maximum atomic E-state index is 12.4. The van der Waals surface area contributed by atoms with Gasteiger partial charge in [-0.1, -0.05) is 0 Å². The number of nitrogens with zero attached hydrogens (tertiary/aromatic N) is 5. The fraction of sp³-hybridized carbons (Fsp3) is 0.526. The molecule has 0 saturated carbocycles. The molecule has 39 heavy (non-hydrogen) atoms. The van der Waals surface area contributed by atoms with Crippen LogP contribution >= 0.6 is 7.82 Å². The molecule has 19 nitrogen and oxygen atoms in total. The van der Waals surface area contributed by atoms with Gasteiger partial charge < -0.3 is 40.5 Å². The van der Waals surface area contributed by atoms with Crippen molar-refractivity contribution in [2.75, 3.05) is 18.9 Å². The maximum Gasteiger partial charge on any atom is 0.472 e. The molecule has 2 aliphatic heterocycles. The van der Waals surface area contributed by atoms with E-state index in [0.29, 0.717) is 0 Å². The van der Waals surface area contributed by atoms with Crippen molar-refractivity contribution in [2.45, 2.75) is 49.1 Å². The number of nitrogens with two attached hydrogens (primary N) is 1. The fourth-order valence-corrected chi connectivity index (χ4v) is 5.00. The standard InChI is InChI=1S/C19H24N7O12P/c20-15-10-16(22-5-21-15)26(6-23-10)18-14(31)12(29)8(38-18)4-36-39(33,34)35-3-7-11(28)13(30)17(37-7)25-2-1-9(27)24-19(25)32/h1-2,5-8,11-14,17-18,28-31H,3-4H2,(H,33,34)(H2,20,21,22)(H,24,27,32)/t7?,8-,11-,12-,13-,14-,17-,18-/m1/s1. The molecule has 0 amide bonds. The van der Waals surface area contributed by atoms with Crippen molar-refractivity contribution in [3.63, 3.8) is 0 Å². The van der Waals surface area contributed by atoms with Gasteiger partial charge in [0.2, 0.25) is 0 Å². The summed E-state index contributed by atoms with van der Waals surface area (Å²) in [6.45, 7) is -1.44. The number of phosphoric ester groups is 1. The molecule has 20 heteroatoms. The summed E-state index contributed by atoms with van der Waals surface area (Å²) < 4.78 is 35.4. The SMILES string of the molecule is Nc1ncnc2c1ncn2[C@@H]1O[C@H](COP(=O)(O)OCC2O[C@@H](n3ccc(=O)[nH]c3=O)[C@H](O)[C@@H]2O)[C@@H](O)[C@H]1O. The van der Waals surface area contributed by atoms with Gasteiger partial charge in [-0.05, 0) is 0 Å². The Morgan fingerprint density at radius 3 is 2.13 bits per heavy atom. The van der Waals surface area contributed by atoms with Crippen LogP contribution in [0.5, 0.6) is 0 Å². The number of fused-ring (bicyclic) bond motifs is 1. The van der Waals surface area contributed by atoms with Gasteiger partial charge in [0.15, 0.2) is 23.9 Å². The molecule has 3 aromatic rings. The number of nitrogen functional groups attached to an aromatic ring is 1. The van der Waals surface area contributed by atoms with Crippen LogP contribution in [-0.4, -0.2) is 104 Å². The maximum absolute atomic E-state index is 12.4. The van der Waals surface area contributed by atoms with Crippen molar-refractivity contribution >= 4 is 24.8 Å². The number of aromatic nitrogens is 6. The van der Waals surface area contributed by atoms with Crippen LogP contribution < -0.4 is 17.0 Å². The summed E-state index contributed by atoms with van der Waals surface area (Å²) in [5, 5.41) is 41.4. The molecule has 5 heterocycles. The van der Waals surface area contributed by atoms with Crippen molar-refractivity contribution in [1.29, 1.82) is 0 Å². The zero-order chi connectivity index (χ0) is 28.1. The van der Waals surface area contributed by atoms with E-state index >= 15 is 0 Å². The molecule has 8 N–H and O–H groups in total. The smallest absolute Gasteiger partial charge is 0.387 e. The molecule has 2 aliphatic rings. The quantitative estimate of drug-likeness (QED) is 0.128. The normalized spacial score (nSPS) is 32.5. The zero-order valence-electron chi connectivity index (χ0n) is 19.7. The minimum atomic E-state index is -4.84. The number of imidazole rings is 1. The highest BCUT2D eigenvalue weighted by Crippen LogP contribution is 2.45. The number of phosphoric acid groups is 1. The van der Waals surface area contributed by atoms with Crippen molar-refractivity contribution in [1.82, 2.24) is 29.1 Å². The minimum absolute atomic E-state index is 0.0889. The van der Waals surface area contributed by atoms with Crippen molar-refractivity contribution < 1.29 is 48.4 Å². The summed E-state index contributed by atoms with van der Waals surface area (Å²) in [7, 11) is -4.84. The Kier molecular flexibility index (Phi) is 7.37. The molecule has 0 bridgehead atoms. The Balaban J connectivity index is 1.19. The summed E-state index contributed by atoms with van der Waals surface area (Å²) in [6, 6.07) is 1.00. The number of aliphatic hydroxyl groups is 4. The van der Waals surface area contributed by atoms with E-state index < -0.39 is 81.4 Å². The number of aliphatic hydroxyl groups excluding tert-OH is 4. The second-order valence-electron chi connectivity index (χ2n) is 8.75. The third kappa shape index (κ3) is 5.24. The summed E-state index contributed by atoms with van der Waals surface area (Å²) in [4.78, 5) is 47.2. The first-order valence-corrected chi connectivity index (χ1v) is 12.9. The molecule has 9 atom stereocenters.